The zero-order chi connectivity index (χ0) is 13.0. The number of fused-ring (bicyclic) bond motifs is 2. The van der Waals surface area contributed by atoms with Crippen LogP contribution in [0.15, 0.2) is 16.6 Å². The average molecular weight is 321 g/mol. The molecule has 2 aliphatic carbocycles. The highest BCUT2D eigenvalue weighted by Crippen LogP contribution is 2.58. The van der Waals surface area contributed by atoms with Gasteiger partial charge in [0.15, 0.2) is 0 Å². The number of benzene rings is 1. The fourth-order valence-corrected chi connectivity index (χ4v) is 4.63. The molecule has 2 atom stereocenters. The second kappa shape index (κ2) is 4.34. The van der Waals surface area contributed by atoms with Gasteiger partial charge in [-0.1, -0.05) is 22.4 Å². The quantitative estimate of drug-likeness (QED) is 0.851. The Morgan fingerprint density at radius 3 is 2.89 bits per heavy atom. The Kier molecular flexibility index (Phi) is 2.73. The van der Waals surface area contributed by atoms with Crippen molar-refractivity contribution in [3.63, 3.8) is 0 Å². The summed E-state index contributed by atoms with van der Waals surface area (Å²) in [5, 5.41) is 0. The van der Waals surface area contributed by atoms with E-state index in [1.165, 1.54) is 24.8 Å². The highest BCUT2D eigenvalue weighted by molar-refractivity contribution is 9.10. The van der Waals surface area contributed by atoms with Crippen molar-refractivity contribution in [1.82, 2.24) is 0 Å². The summed E-state index contributed by atoms with van der Waals surface area (Å²) in [5.74, 6) is 3.21. The molecule has 1 aliphatic heterocycles. The largest absolute Gasteiger partial charge is 0.493 e. The third-order valence-corrected chi connectivity index (χ3v) is 5.43. The van der Waals surface area contributed by atoms with Crippen LogP contribution in [0.5, 0.6) is 5.75 Å². The Labute approximate surface area is 121 Å². The first-order chi connectivity index (χ1) is 9.24. The number of hydrogen-bond acceptors (Lipinski definition) is 2. The standard InChI is InChI=1S/C16H17BrO2/c17-11-6-9-4-5-19-16(9)10(7-11)8-14(18)15-12-2-1-3-13(12)15/h6-7,12-13,15H,1-5,8H2. The fraction of sp³-hybridized carbons (Fsp3) is 0.562. The number of carbonyl (C=O) groups is 1. The van der Waals surface area contributed by atoms with Gasteiger partial charge in [-0.2, -0.15) is 0 Å². The van der Waals surface area contributed by atoms with Crippen LogP contribution >= 0.6 is 15.9 Å². The van der Waals surface area contributed by atoms with Gasteiger partial charge in [0, 0.05) is 28.8 Å². The van der Waals surface area contributed by atoms with Crippen molar-refractivity contribution < 1.29 is 9.53 Å². The van der Waals surface area contributed by atoms with Crippen molar-refractivity contribution >= 4 is 21.7 Å². The van der Waals surface area contributed by atoms with E-state index in [-0.39, 0.29) is 0 Å². The lowest BCUT2D eigenvalue weighted by atomic mass is 9.99. The Morgan fingerprint density at radius 1 is 1.32 bits per heavy atom. The summed E-state index contributed by atoms with van der Waals surface area (Å²) < 4.78 is 6.77. The first kappa shape index (κ1) is 12.0. The van der Waals surface area contributed by atoms with Gasteiger partial charge in [-0.05, 0) is 42.4 Å². The van der Waals surface area contributed by atoms with Gasteiger partial charge in [0.25, 0.3) is 0 Å². The van der Waals surface area contributed by atoms with E-state index in [1.54, 1.807) is 0 Å². The maximum atomic E-state index is 12.4. The van der Waals surface area contributed by atoms with Gasteiger partial charge < -0.3 is 4.74 Å². The van der Waals surface area contributed by atoms with Crippen LogP contribution in [0.3, 0.4) is 0 Å². The maximum Gasteiger partial charge on any atom is 0.141 e. The van der Waals surface area contributed by atoms with Gasteiger partial charge in [0.2, 0.25) is 0 Å². The van der Waals surface area contributed by atoms with Gasteiger partial charge in [-0.15, -0.1) is 0 Å². The number of Topliss-reactive ketones (excluding diaryl/α,β-unsaturated/α-hetero) is 1. The molecular formula is C16H17BrO2. The van der Waals surface area contributed by atoms with E-state index >= 15 is 0 Å². The van der Waals surface area contributed by atoms with E-state index < -0.39 is 0 Å². The molecule has 3 aliphatic rings. The van der Waals surface area contributed by atoms with Crippen molar-refractivity contribution in [3.05, 3.63) is 27.7 Å². The molecule has 19 heavy (non-hydrogen) atoms. The minimum atomic E-state index is 0.366. The van der Waals surface area contributed by atoms with Crippen LogP contribution in [0.1, 0.15) is 30.4 Å². The molecule has 1 heterocycles. The summed E-state index contributed by atoms with van der Waals surface area (Å²) >= 11 is 3.54. The first-order valence-electron chi connectivity index (χ1n) is 7.21. The van der Waals surface area contributed by atoms with E-state index in [9.17, 15) is 4.79 Å². The minimum absolute atomic E-state index is 0.366. The summed E-state index contributed by atoms with van der Waals surface area (Å²) in [6.07, 6.45) is 5.39. The van der Waals surface area contributed by atoms with Crippen molar-refractivity contribution in [2.45, 2.75) is 32.1 Å². The summed E-state index contributed by atoms with van der Waals surface area (Å²) in [6.45, 7) is 0.752. The van der Waals surface area contributed by atoms with Crippen LogP contribution in [0.2, 0.25) is 0 Å². The molecule has 3 heteroatoms. The van der Waals surface area contributed by atoms with E-state index in [4.69, 9.17) is 4.74 Å². The second-order valence-corrected chi connectivity index (χ2v) is 6.99. The molecule has 0 N–H and O–H groups in total. The van der Waals surface area contributed by atoms with Crippen LogP contribution in [0.4, 0.5) is 0 Å². The first-order valence-corrected chi connectivity index (χ1v) is 8.00. The summed E-state index contributed by atoms with van der Waals surface area (Å²) in [6, 6.07) is 4.17. The Morgan fingerprint density at radius 2 is 2.11 bits per heavy atom. The minimum Gasteiger partial charge on any atom is -0.493 e. The van der Waals surface area contributed by atoms with Crippen LogP contribution in [0.25, 0.3) is 0 Å². The number of halogens is 1. The van der Waals surface area contributed by atoms with Gasteiger partial charge in [-0.25, -0.2) is 0 Å². The fourth-order valence-electron chi connectivity index (χ4n) is 4.08. The van der Waals surface area contributed by atoms with Crippen LogP contribution in [-0.4, -0.2) is 12.4 Å². The van der Waals surface area contributed by atoms with Gasteiger partial charge >= 0.3 is 0 Å². The van der Waals surface area contributed by atoms with Crippen LogP contribution < -0.4 is 4.74 Å². The number of ketones is 1. The number of rotatable bonds is 3. The van der Waals surface area contributed by atoms with Crippen LogP contribution in [0, 0.1) is 17.8 Å². The summed E-state index contributed by atoms with van der Waals surface area (Å²) in [4.78, 5) is 12.4. The van der Waals surface area contributed by atoms with Crippen molar-refractivity contribution in [3.8, 4) is 5.75 Å². The third kappa shape index (κ3) is 1.94. The van der Waals surface area contributed by atoms with Gasteiger partial charge in [0.1, 0.15) is 11.5 Å². The molecule has 0 radical (unpaired) electrons. The Hall–Kier alpha value is -0.830. The van der Waals surface area contributed by atoms with Crippen molar-refractivity contribution in [1.29, 1.82) is 0 Å². The van der Waals surface area contributed by atoms with E-state index in [1.807, 2.05) is 0 Å². The Bertz CT molecular complexity index is 542. The molecule has 2 fully saturated rings. The van der Waals surface area contributed by atoms with Crippen LogP contribution in [-0.2, 0) is 17.6 Å². The third-order valence-electron chi connectivity index (χ3n) is 4.97. The van der Waals surface area contributed by atoms with Gasteiger partial charge in [-0.3, -0.25) is 4.79 Å². The molecular weight excluding hydrogens is 304 g/mol. The zero-order valence-corrected chi connectivity index (χ0v) is 12.4. The lowest BCUT2D eigenvalue weighted by molar-refractivity contribution is -0.120. The molecule has 0 amide bonds. The molecule has 2 saturated carbocycles. The molecule has 1 aromatic rings. The zero-order valence-electron chi connectivity index (χ0n) is 10.8. The SMILES string of the molecule is O=C(Cc1cc(Br)cc2c1OCC2)C1C2CCCC21. The highest BCUT2D eigenvalue weighted by atomic mass is 79.9. The number of ether oxygens (including phenoxy) is 1. The summed E-state index contributed by atoms with van der Waals surface area (Å²) in [5.41, 5.74) is 2.32. The molecule has 0 aromatic heterocycles. The molecule has 2 unspecified atom stereocenters. The topological polar surface area (TPSA) is 26.3 Å². The molecule has 0 spiro atoms. The van der Waals surface area contributed by atoms with Crippen molar-refractivity contribution in [2.24, 2.45) is 17.8 Å². The van der Waals surface area contributed by atoms with Crippen molar-refractivity contribution in [2.75, 3.05) is 6.61 Å². The Balaban J connectivity index is 1.55. The molecule has 0 saturated heterocycles. The van der Waals surface area contributed by atoms with Gasteiger partial charge in [0.05, 0.1) is 6.61 Å². The molecule has 1 aromatic carbocycles. The highest BCUT2D eigenvalue weighted by Gasteiger charge is 2.55. The molecule has 4 rings (SSSR count). The predicted molar refractivity (Wildman–Crippen MR) is 76.4 cm³/mol. The monoisotopic (exact) mass is 320 g/mol. The average Bonchev–Trinajstić information content (AvgIpc) is 2.79. The van der Waals surface area contributed by atoms with E-state index in [2.05, 4.69) is 28.1 Å². The normalized spacial score (nSPS) is 30.7. The second-order valence-electron chi connectivity index (χ2n) is 6.08. The lowest BCUT2D eigenvalue weighted by Crippen LogP contribution is -2.10. The molecule has 100 valence electrons. The lowest BCUT2D eigenvalue weighted by Gasteiger charge is -2.09. The smallest absolute Gasteiger partial charge is 0.141 e. The molecule has 2 nitrogen and oxygen atoms in total. The number of hydrogen-bond donors (Lipinski definition) is 0. The maximum absolute atomic E-state index is 12.4. The summed E-state index contributed by atoms with van der Waals surface area (Å²) in [7, 11) is 0. The molecule has 0 bridgehead atoms. The predicted octanol–water partition coefficient (Wildman–Crippen LogP) is 3.54. The van der Waals surface area contributed by atoms with E-state index in [0.717, 1.165) is 28.8 Å². The number of carbonyl (C=O) groups excluding carboxylic acids is 1. The van der Waals surface area contributed by atoms with E-state index in [0.29, 0.717) is 30.0 Å².